The Bertz CT molecular complexity index is 1400. The van der Waals surface area contributed by atoms with Gasteiger partial charge in [-0.05, 0) is 37.0 Å². The van der Waals surface area contributed by atoms with E-state index in [-0.39, 0.29) is 93.2 Å². The van der Waals surface area contributed by atoms with Crippen LogP contribution in [0.15, 0.2) is 36.8 Å². The Hall–Kier alpha value is -1.68. The van der Waals surface area contributed by atoms with Crippen molar-refractivity contribution in [3.05, 3.63) is 49.9 Å². The minimum atomic E-state index is -2.77. The fourth-order valence-electron chi connectivity index (χ4n) is 4.41. The van der Waals surface area contributed by atoms with Gasteiger partial charge in [-0.3, -0.25) is 9.78 Å². The van der Waals surface area contributed by atoms with Crippen molar-refractivity contribution in [3.63, 3.8) is 0 Å². The Balaban J connectivity index is 0.000000788. The van der Waals surface area contributed by atoms with Crippen molar-refractivity contribution in [2.24, 2.45) is 5.92 Å². The van der Waals surface area contributed by atoms with E-state index in [9.17, 15) is 13.6 Å². The van der Waals surface area contributed by atoms with Gasteiger partial charge < -0.3 is 22.4 Å². The third kappa shape index (κ3) is 7.75. The first-order valence-corrected chi connectivity index (χ1v) is 12.4. The van der Waals surface area contributed by atoms with Gasteiger partial charge in [-0.1, -0.05) is 19.3 Å². The number of aromatic nitrogens is 5. The first-order chi connectivity index (χ1) is 18.1. The van der Waals surface area contributed by atoms with Crippen LogP contribution in [0.25, 0.3) is 27.8 Å². The number of amides is 1. The Morgan fingerprint density at radius 1 is 1.18 bits per heavy atom. The van der Waals surface area contributed by atoms with Gasteiger partial charge in [0.25, 0.3) is 6.43 Å². The molecule has 1 N–H and O–H groups in total. The van der Waals surface area contributed by atoms with E-state index in [1.165, 1.54) is 37.7 Å². The van der Waals surface area contributed by atoms with Crippen molar-refractivity contribution in [3.8, 4) is 11.4 Å². The summed E-state index contributed by atoms with van der Waals surface area (Å²) in [5.74, 6) is 1.17. The summed E-state index contributed by atoms with van der Waals surface area (Å²) < 4.78 is 33.9. The fourth-order valence-corrected chi connectivity index (χ4v) is 4.41. The van der Waals surface area contributed by atoms with Gasteiger partial charge in [0.15, 0.2) is 11.5 Å². The zero-order valence-corrected chi connectivity index (χ0v) is 28.9. The fraction of sp³-hybridized carbons (Fsp3) is 0.407. The third-order valence-electron chi connectivity index (χ3n) is 6.51. The molecule has 1 saturated carbocycles. The van der Waals surface area contributed by atoms with Crippen molar-refractivity contribution < 1.29 is 87.2 Å². The summed E-state index contributed by atoms with van der Waals surface area (Å²) in [6.07, 6.45) is 8.90. The maximum Gasteiger partial charge on any atom is 1.00 e. The molecule has 1 unspecified atom stereocenters. The summed E-state index contributed by atoms with van der Waals surface area (Å²) in [7, 11) is 1.72. The van der Waals surface area contributed by atoms with Crippen molar-refractivity contribution in [2.75, 3.05) is 37.0 Å². The van der Waals surface area contributed by atoms with Crippen LogP contribution < -0.4 is 79.1 Å². The summed E-state index contributed by atoms with van der Waals surface area (Å²) >= 11 is 0. The average molecular weight is 658 g/mol. The van der Waals surface area contributed by atoms with Gasteiger partial charge in [-0.2, -0.15) is 0 Å². The van der Waals surface area contributed by atoms with E-state index in [1.807, 2.05) is 18.3 Å². The molecule has 0 bridgehead atoms. The molecule has 12 heteroatoms. The molecule has 2 aliphatic rings. The maximum absolute atomic E-state index is 13.5. The molecule has 0 spiro atoms. The van der Waals surface area contributed by atoms with Gasteiger partial charge in [0.05, 0.1) is 11.9 Å². The van der Waals surface area contributed by atoms with E-state index in [0.717, 1.165) is 38.2 Å². The second-order valence-electron chi connectivity index (χ2n) is 9.30. The normalized spacial score (nSPS) is 15.9. The Morgan fingerprint density at radius 3 is 2.67 bits per heavy atom. The van der Waals surface area contributed by atoms with Gasteiger partial charge in [0.2, 0.25) is 6.41 Å². The number of ether oxygens (including phenoxy) is 1. The molecule has 4 aromatic heterocycles. The van der Waals surface area contributed by atoms with E-state index < -0.39 is 6.43 Å². The number of anilines is 2. The Kier molecular flexibility index (Phi) is 12.1. The molecule has 39 heavy (non-hydrogen) atoms. The van der Waals surface area contributed by atoms with Crippen LogP contribution in [0.5, 0.6) is 0 Å². The SMILES string of the molecule is C1CC1.COCCC1CCN(c2ccc3nc(-c4cnc(C(F)F)c5cnc(NC=O)cc45)nn3c2)C1.[CH3-].[Cs+]. The molecule has 2 fully saturated rings. The number of methoxy groups -OCH3 is 1. The number of alkyl halides is 2. The van der Waals surface area contributed by atoms with Crippen LogP contribution in [0.4, 0.5) is 20.3 Å². The molecule has 1 saturated heterocycles. The van der Waals surface area contributed by atoms with E-state index in [2.05, 4.69) is 30.3 Å². The molecule has 0 aromatic carbocycles. The second-order valence-corrected chi connectivity index (χ2v) is 9.30. The Labute approximate surface area is 285 Å². The molecule has 1 aliphatic heterocycles. The molecule has 202 valence electrons. The van der Waals surface area contributed by atoms with Crippen LogP contribution in [-0.4, -0.2) is 57.8 Å². The van der Waals surface area contributed by atoms with Gasteiger partial charge in [0, 0.05) is 55.5 Å². The van der Waals surface area contributed by atoms with Gasteiger partial charge >= 0.3 is 68.9 Å². The van der Waals surface area contributed by atoms with Crippen LogP contribution in [-0.2, 0) is 9.53 Å². The molecule has 1 aliphatic carbocycles. The molecule has 1 amide bonds. The molecule has 4 aromatic rings. The van der Waals surface area contributed by atoms with Gasteiger partial charge in [-0.15, -0.1) is 5.10 Å². The standard InChI is InChI=1S/C23H23F2N7O2.C3H6.CH3.Cs/c1-34-7-5-14-4-6-31(11-14)15-2-3-20-29-23(30-32(20)12-15)18-10-27-21(22(24)25)17-9-26-19(28-13-33)8-16(17)18;1-2-3-1;;/h2-3,8-10,12-14,22H,4-7,11H2,1H3,(H,26,28,33);1-3H2;1H3;/q;;-1;+1. The van der Waals surface area contributed by atoms with Gasteiger partial charge in [0.1, 0.15) is 11.5 Å². The molecule has 1 atom stereocenters. The topological polar surface area (TPSA) is 97.5 Å². The van der Waals surface area contributed by atoms with Crippen molar-refractivity contribution in [1.29, 1.82) is 0 Å². The molecular weight excluding hydrogens is 625 g/mol. The molecule has 6 rings (SSSR count). The minimum absolute atomic E-state index is 0. The first kappa shape index (κ1) is 31.8. The number of carbonyl (C=O) groups excluding carboxylic acids is 1. The number of halogens is 2. The average Bonchev–Trinajstić information content (AvgIpc) is 3.61. The summed E-state index contributed by atoms with van der Waals surface area (Å²) in [5.41, 5.74) is 1.76. The number of hydrogen-bond donors (Lipinski definition) is 1. The van der Waals surface area contributed by atoms with Crippen LogP contribution in [0.3, 0.4) is 0 Å². The summed E-state index contributed by atoms with van der Waals surface area (Å²) in [6.45, 7) is 2.68. The maximum atomic E-state index is 13.5. The predicted molar refractivity (Wildman–Crippen MR) is 143 cm³/mol. The second kappa shape index (κ2) is 14.8. The monoisotopic (exact) mass is 657 g/mol. The van der Waals surface area contributed by atoms with Gasteiger partial charge in [-0.25, -0.2) is 23.3 Å². The first-order valence-electron chi connectivity index (χ1n) is 12.4. The number of nitrogens with one attached hydrogen (secondary N) is 1. The summed E-state index contributed by atoms with van der Waals surface area (Å²) in [6, 6.07) is 5.42. The molecule has 9 nitrogen and oxygen atoms in total. The predicted octanol–water partition coefficient (Wildman–Crippen LogP) is 2.33. The van der Waals surface area contributed by atoms with E-state index in [4.69, 9.17) is 4.74 Å². The van der Waals surface area contributed by atoms with Crippen LogP contribution in [0.1, 0.15) is 44.2 Å². The van der Waals surface area contributed by atoms with Crippen LogP contribution in [0.2, 0.25) is 0 Å². The van der Waals surface area contributed by atoms with E-state index >= 15 is 0 Å². The van der Waals surface area contributed by atoms with Crippen molar-refractivity contribution >= 4 is 34.3 Å². The number of pyridine rings is 3. The smallest absolute Gasteiger partial charge is 0.385 e. The van der Waals surface area contributed by atoms with Crippen molar-refractivity contribution in [2.45, 2.75) is 38.5 Å². The summed E-state index contributed by atoms with van der Waals surface area (Å²) in [5, 5.41) is 7.67. The largest absolute Gasteiger partial charge is 1.00 e. The van der Waals surface area contributed by atoms with E-state index in [1.54, 1.807) is 11.6 Å². The van der Waals surface area contributed by atoms with Crippen LogP contribution in [0, 0.1) is 13.3 Å². The number of carbonyl (C=O) groups is 1. The minimum Gasteiger partial charge on any atom is -0.385 e. The summed E-state index contributed by atoms with van der Waals surface area (Å²) in [4.78, 5) is 25.7. The number of rotatable bonds is 8. The molecule has 5 heterocycles. The molecule has 0 radical (unpaired) electrons. The van der Waals surface area contributed by atoms with Crippen LogP contribution >= 0.6 is 0 Å². The van der Waals surface area contributed by atoms with E-state index in [0.29, 0.717) is 34.7 Å². The number of fused-ring (bicyclic) bond motifs is 2. The zero-order valence-electron chi connectivity index (χ0n) is 22.6. The molecular formula is C27H32CsF2N7O2. The Morgan fingerprint density at radius 2 is 1.97 bits per heavy atom. The third-order valence-corrected chi connectivity index (χ3v) is 6.51. The number of hydrogen-bond acceptors (Lipinski definition) is 7. The quantitative estimate of drug-likeness (QED) is 0.230. The number of nitrogens with zero attached hydrogens (tertiary/aromatic N) is 6. The zero-order chi connectivity index (χ0) is 25.8. The van der Waals surface area contributed by atoms with Crippen molar-refractivity contribution in [1.82, 2.24) is 24.6 Å².